The third kappa shape index (κ3) is 2.85. The van der Waals surface area contributed by atoms with Gasteiger partial charge in [-0.3, -0.25) is 0 Å². The molecule has 1 unspecified atom stereocenters. The van der Waals surface area contributed by atoms with Crippen molar-refractivity contribution < 1.29 is 0 Å². The zero-order valence-electron chi connectivity index (χ0n) is 9.67. The molecule has 0 spiro atoms. The van der Waals surface area contributed by atoms with E-state index in [2.05, 4.69) is 45.9 Å². The fraction of sp³-hybridized carbons (Fsp3) is 0.538. The van der Waals surface area contributed by atoms with E-state index in [1.54, 1.807) is 0 Å². The number of hydrogen-bond acceptors (Lipinski definition) is 1. The van der Waals surface area contributed by atoms with E-state index in [-0.39, 0.29) is 6.04 Å². The number of benzene rings is 1. The Morgan fingerprint density at radius 2 is 1.79 bits per heavy atom. The number of nitrogens with two attached hydrogens (primary N) is 1. The summed E-state index contributed by atoms with van der Waals surface area (Å²) in [6.07, 6.45) is 0.985. The molecule has 1 heteroatoms. The van der Waals surface area contributed by atoms with E-state index in [1.165, 1.54) is 16.7 Å². The van der Waals surface area contributed by atoms with Gasteiger partial charge in [0.25, 0.3) is 0 Å². The summed E-state index contributed by atoms with van der Waals surface area (Å²) in [6, 6.07) is 6.89. The first-order valence-electron chi connectivity index (χ1n) is 5.32. The molecule has 0 bridgehead atoms. The molecule has 14 heavy (non-hydrogen) atoms. The minimum atomic E-state index is 0.275. The van der Waals surface area contributed by atoms with Crippen molar-refractivity contribution in [2.75, 3.05) is 0 Å². The van der Waals surface area contributed by atoms with Gasteiger partial charge < -0.3 is 5.73 Å². The molecule has 0 saturated heterocycles. The normalized spacial score (nSPS) is 13.3. The number of aryl methyl sites for hydroxylation is 2. The zero-order valence-corrected chi connectivity index (χ0v) is 9.67. The topological polar surface area (TPSA) is 26.0 Å². The van der Waals surface area contributed by atoms with Crippen LogP contribution in [0.1, 0.15) is 30.5 Å². The Balaban J connectivity index is 2.73. The maximum Gasteiger partial charge on any atom is 0.0102 e. The molecule has 0 aromatic heterocycles. The summed E-state index contributed by atoms with van der Waals surface area (Å²) in [7, 11) is 0. The third-order valence-corrected chi connectivity index (χ3v) is 2.90. The highest BCUT2D eigenvalue weighted by Crippen LogP contribution is 2.13. The van der Waals surface area contributed by atoms with Crippen molar-refractivity contribution in [1.82, 2.24) is 0 Å². The van der Waals surface area contributed by atoms with Gasteiger partial charge in [-0.2, -0.15) is 0 Å². The van der Waals surface area contributed by atoms with Gasteiger partial charge in [0.05, 0.1) is 0 Å². The monoisotopic (exact) mass is 191 g/mol. The van der Waals surface area contributed by atoms with Gasteiger partial charge in [0, 0.05) is 6.04 Å². The highest BCUT2D eigenvalue weighted by atomic mass is 14.6. The maximum absolute atomic E-state index is 6.04. The van der Waals surface area contributed by atoms with Crippen LogP contribution in [0.4, 0.5) is 0 Å². The second kappa shape index (κ2) is 4.61. The van der Waals surface area contributed by atoms with Crippen LogP contribution >= 0.6 is 0 Å². The predicted octanol–water partition coefficient (Wildman–Crippen LogP) is 2.83. The number of rotatable bonds is 3. The molecule has 1 atom stereocenters. The lowest BCUT2D eigenvalue weighted by Gasteiger charge is -2.16. The summed E-state index contributed by atoms with van der Waals surface area (Å²) in [5.74, 6) is 0.552. The SMILES string of the molecule is Cc1ccc(CC(N)C(C)C)cc1C. The van der Waals surface area contributed by atoms with Crippen molar-refractivity contribution in [3.05, 3.63) is 34.9 Å². The first-order chi connectivity index (χ1) is 6.50. The van der Waals surface area contributed by atoms with Crippen molar-refractivity contribution in [2.24, 2.45) is 11.7 Å². The summed E-state index contributed by atoms with van der Waals surface area (Å²) in [4.78, 5) is 0. The van der Waals surface area contributed by atoms with Gasteiger partial charge in [0.2, 0.25) is 0 Å². The molecule has 0 saturated carbocycles. The highest BCUT2D eigenvalue weighted by Gasteiger charge is 2.08. The largest absolute Gasteiger partial charge is 0.327 e. The van der Waals surface area contributed by atoms with Crippen LogP contribution in [0, 0.1) is 19.8 Å². The Hall–Kier alpha value is -0.820. The minimum absolute atomic E-state index is 0.275. The lowest BCUT2D eigenvalue weighted by molar-refractivity contribution is 0.490. The van der Waals surface area contributed by atoms with Crippen LogP contribution in [0.3, 0.4) is 0 Å². The molecule has 0 radical (unpaired) electrons. The van der Waals surface area contributed by atoms with E-state index < -0.39 is 0 Å². The van der Waals surface area contributed by atoms with Gasteiger partial charge in [-0.1, -0.05) is 32.0 Å². The van der Waals surface area contributed by atoms with Crippen LogP contribution in [0.2, 0.25) is 0 Å². The van der Waals surface area contributed by atoms with Gasteiger partial charge in [0.1, 0.15) is 0 Å². The zero-order chi connectivity index (χ0) is 10.7. The molecule has 0 aliphatic rings. The van der Waals surface area contributed by atoms with Gasteiger partial charge in [-0.05, 0) is 42.9 Å². The van der Waals surface area contributed by atoms with Gasteiger partial charge in [0.15, 0.2) is 0 Å². The summed E-state index contributed by atoms with van der Waals surface area (Å²) in [6.45, 7) is 8.64. The Labute approximate surface area is 87.3 Å². The summed E-state index contributed by atoms with van der Waals surface area (Å²) >= 11 is 0. The fourth-order valence-corrected chi connectivity index (χ4v) is 1.44. The van der Waals surface area contributed by atoms with E-state index in [9.17, 15) is 0 Å². The quantitative estimate of drug-likeness (QED) is 0.781. The molecular formula is C13H21N. The first-order valence-corrected chi connectivity index (χ1v) is 5.32. The second-order valence-corrected chi connectivity index (χ2v) is 4.53. The lowest BCUT2D eigenvalue weighted by atomic mass is 9.95. The van der Waals surface area contributed by atoms with Gasteiger partial charge in [-0.15, -0.1) is 0 Å². The standard InChI is InChI=1S/C13H21N/c1-9(2)13(14)8-12-6-5-10(3)11(4)7-12/h5-7,9,13H,8,14H2,1-4H3. The van der Waals surface area contributed by atoms with Crippen molar-refractivity contribution in [3.8, 4) is 0 Å². The molecule has 2 N–H and O–H groups in total. The molecular weight excluding hydrogens is 170 g/mol. The Morgan fingerprint density at radius 3 is 2.29 bits per heavy atom. The van der Waals surface area contributed by atoms with Crippen molar-refractivity contribution in [3.63, 3.8) is 0 Å². The molecule has 78 valence electrons. The van der Waals surface area contributed by atoms with E-state index in [4.69, 9.17) is 5.73 Å². The predicted molar refractivity (Wildman–Crippen MR) is 62.4 cm³/mol. The van der Waals surface area contributed by atoms with Crippen LogP contribution in [0.5, 0.6) is 0 Å². The summed E-state index contributed by atoms with van der Waals surface area (Å²) in [5.41, 5.74) is 10.1. The lowest BCUT2D eigenvalue weighted by Crippen LogP contribution is -2.28. The van der Waals surface area contributed by atoms with Crippen LogP contribution in [0.25, 0.3) is 0 Å². The Morgan fingerprint density at radius 1 is 1.14 bits per heavy atom. The molecule has 0 heterocycles. The van der Waals surface area contributed by atoms with E-state index in [1.807, 2.05) is 0 Å². The van der Waals surface area contributed by atoms with E-state index >= 15 is 0 Å². The number of hydrogen-bond donors (Lipinski definition) is 1. The Bertz CT molecular complexity index is 302. The molecule has 1 aromatic carbocycles. The van der Waals surface area contributed by atoms with Crippen LogP contribution in [0.15, 0.2) is 18.2 Å². The second-order valence-electron chi connectivity index (χ2n) is 4.53. The fourth-order valence-electron chi connectivity index (χ4n) is 1.44. The van der Waals surface area contributed by atoms with Crippen LogP contribution in [-0.4, -0.2) is 6.04 Å². The van der Waals surface area contributed by atoms with Crippen molar-refractivity contribution in [2.45, 2.75) is 40.2 Å². The molecule has 1 nitrogen and oxygen atoms in total. The molecule has 1 rings (SSSR count). The molecule has 0 aliphatic carbocycles. The first kappa shape index (κ1) is 11.3. The van der Waals surface area contributed by atoms with Crippen molar-refractivity contribution in [1.29, 1.82) is 0 Å². The average Bonchev–Trinajstić information content (AvgIpc) is 2.11. The Kier molecular flexibility index (Phi) is 3.70. The van der Waals surface area contributed by atoms with Gasteiger partial charge in [-0.25, -0.2) is 0 Å². The van der Waals surface area contributed by atoms with Crippen LogP contribution < -0.4 is 5.73 Å². The molecule has 1 aromatic rings. The van der Waals surface area contributed by atoms with Gasteiger partial charge >= 0.3 is 0 Å². The average molecular weight is 191 g/mol. The highest BCUT2D eigenvalue weighted by molar-refractivity contribution is 5.30. The minimum Gasteiger partial charge on any atom is -0.327 e. The van der Waals surface area contributed by atoms with Crippen molar-refractivity contribution >= 4 is 0 Å². The summed E-state index contributed by atoms with van der Waals surface area (Å²) < 4.78 is 0. The summed E-state index contributed by atoms with van der Waals surface area (Å²) in [5, 5.41) is 0. The molecule has 0 amide bonds. The third-order valence-electron chi connectivity index (χ3n) is 2.90. The van der Waals surface area contributed by atoms with Crippen LogP contribution in [-0.2, 0) is 6.42 Å². The smallest absolute Gasteiger partial charge is 0.0102 e. The van der Waals surface area contributed by atoms with E-state index in [0.29, 0.717) is 5.92 Å². The molecule has 0 aliphatic heterocycles. The maximum atomic E-state index is 6.04. The molecule has 0 fully saturated rings. The van der Waals surface area contributed by atoms with E-state index in [0.717, 1.165) is 6.42 Å².